The molecule has 0 atom stereocenters. The first-order valence-corrected chi connectivity index (χ1v) is 10.4. The Hall–Kier alpha value is -2.20. The van der Waals surface area contributed by atoms with Crippen molar-refractivity contribution in [3.05, 3.63) is 69.9 Å². The molecule has 7 nitrogen and oxygen atoms in total. The molecule has 0 radical (unpaired) electrons. The molecule has 3 N–H and O–H groups in total. The quantitative estimate of drug-likeness (QED) is 0.598. The SMILES string of the molecule is NS(=O)(=O)c1cc(NC(=O)Cc2ccccc2Br)ccc1-n1cc(Cl)cn1. The maximum absolute atomic E-state index is 12.3. The molecule has 0 aliphatic carbocycles. The molecule has 0 fully saturated rings. The molecule has 0 saturated heterocycles. The molecule has 1 heterocycles. The highest BCUT2D eigenvalue weighted by atomic mass is 79.9. The number of carbonyl (C=O) groups is 1. The van der Waals surface area contributed by atoms with E-state index in [-0.39, 0.29) is 22.9 Å². The van der Waals surface area contributed by atoms with Crippen LogP contribution in [0.4, 0.5) is 5.69 Å². The number of nitrogens with zero attached hydrogens (tertiary/aromatic N) is 2. The van der Waals surface area contributed by atoms with Crippen LogP contribution in [0.15, 0.2) is 64.2 Å². The molecular formula is C17H14BrClN4O3S. The van der Waals surface area contributed by atoms with Crippen LogP contribution in [0.25, 0.3) is 5.69 Å². The smallest absolute Gasteiger partial charge is 0.240 e. The monoisotopic (exact) mass is 468 g/mol. The molecule has 0 aliphatic heterocycles. The molecule has 27 heavy (non-hydrogen) atoms. The molecular weight excluding hydrogens is 456 g/mol. The predicted octanol–water partition coefficient (Wildman–Crippen LogP) is 3.12. The molecule has 10 heteroatoms. The molecule has 0 spiro atoms. The van der Waals surface area contributed by atoms with Gasteiger partial charge in [0.05, 0.1) is 23.3 Å². The minimum Gasteiger partial charge on any atom is -0.326 e. The van der Waals surface area contributed by atoms with Gasteiger partial charge >= 0.3 is 0 Å². The zero-order valence-electron chi connectivity index (χ0n) is 13.8. The summed E-state index contributed by atoms with van der Waals surface area (Å²) in [6.07, 6.45) is 2.96. The first-order chi connectivity index (χ1) is 12.7. The Labute approximate surface area is 169 Å². The largest absolute Gasteiger partial charge is 0.326 e. The molecule has 1 aromatic heterocycles. The van der Waals surface area contributed by atoms with E-state index in [0.717, 1.165) is 10.0 Å². The van der Waals surface area contributed by atoms with E-state index < -0.39 is 10.0 Å². The van der Waals surface area contributed by atoms with Crippen molar-refractivity contribution >= 4 is 49.1 Å². The lowest BCUT2D eigenvalue weighted by Gasteiger charge is -2.12. The van der Waals surface area contributed by atoms with Crippen molar-refractivity contribution in [1.82, 2.24) is 9.78 Å². The van der Waals surface area contributed by atoms with Gasteiger partial charge in [-0.1, -0.05) is 45.7 Å². The highest BCUT2D eigenvalue weighted by molar-refractivity contribution is 9.10. The number of nitrogens with two attached hydrogens (primary N) is 1. The van der Waals surface area contributed by atoms with Gasteiger partial charge in [0.2, 0.25) is 15.9 Å². The maximum Gasteiger partial charge on any atom is 0.240 e. The second-order valence-corrected chi connectivity index (χ2v) is 8.47. The summed E-state index contributed by atoms with van der Waals surface area (Å²) in [6, 6.07) is 11.7. The maximum atomic E-state index is 12.3. The zero-order chi connectivity index (χ0) is 19.6. The molecule has 2 aromatic carbocycles. The Morgan fingerprint density at radius 2 is 2.00 bits per heavy atom. The van der Waals surface area contributed by atoms with Crippen molar-refractivity contribution in [2.45, 2.75) is 11.3 Å². The third kappa shape index (κ3) is 4.75. The summed E-state index contributed by atoms with van der Waals surface area (Å²) in [5, 5.41) is 12.3. The number of rotatable bonds is 5. The fourth-order valence-corrected chi connectivity index (χ4v) is 3.77. The minimum absolute atomic E-state index is 0.128. The number of primary sulfonamides is 1. The van der Waals surface area contributed by atoms with Crippen molar-refractivity contribution in [2.24, 2.45) is 5.14 Å². The van der Waals surface area contributed by atoms with E-state index in [1.807, 2.05) is 24.3 Å². The van der Waals surface area contributed by atoms with Gasteiger partial charge in [-0.05, 0) is 29.8 Å². The average Bonchev–Trinajstić information content (AvgIpc) is 3.02. The van der Waals surface area contributed by atoms with E-state index in [1.54, 1.807) is 6.07 Å². The fraction of sp³-hybridized carbons (Fsp3) is 0.0588. The van der Waals surface area contributed by atoms with E-state index in [1.165, 1.54) is 29.2 Å². The number of halogens is 2. The molecule has 0 bridgehead atoms. The first-order valence-electron chi connectivity index (χ1n) is 7.65. The number of hydrogen-bond donors (Lipinski definition) is 2. The van der Waals surface area contributed by atoms with E-state index in [4.69, 9.17) is 16.7 Å². The summed E-state index contributed by atoms with van der Waals surface area (Å²) in [4.78, 5) is 12.1. The number of carbonyl (C=O) groups excluding carboxylic acids is 1. The minimum atomic E-state index is -4.06. The van der Waals surface area contributed by atoms with Crippen LogP contribution in [0.1, 0.15) is 5.56 Å². The predicted molar refractivity (Wildman–Crippen MR) is 106 cm³/mol. The van der Waals surface area contributed by atoms with Crippen LogP contribution in [0.2, 0.25) is 5.02 Å². The van der Waals surface area contributed by atoms with Crippen LogP contribution in [0.3, 0.4) is 0 Å². The third-order valence-corrected chi connectivity index (χ3v) is 5.57. The van der Waals surface area contributed by atoms with E-state index in [0.29, 0.717) is 10.7 Å². The molecule has 140 valence electrons. The van der Waals surface area contributed by atoms with Gasteiger partial charge in [0.15, 0.2) is 0 Å². The van der Waals surface area contributed by atoms with Crippen LogP contribution in [-0.4, -0.2) is 24.1 Å². The average molecular weight is 470 g/mol. The highest BCUT2D eigenvalue weighted by Gasteiger charge is 2.18. The van der Waals surface area contributed by atoms with Gasteiger partial charge in [-0.3, -0.25) is 4.79 Å². The van der Waals surface area contributed by atoms with Crippen LogP contribution in [-0.2, 0) is 21.2 Å². The Balaban J connectivity index is 1.89. The Kier molecular flexibility index (Phi) is 5.66. The first kappa shape index (κ1) is 19.6. The number of aromatic nitrogens is 2. The lowest BCUT2D eigenvalue weighted by atomic mass is 10.1. The van der Waals surface area contributed by atoms with Gasteiger partial charge in [0, 0.05) is 16.4 Å². The summed E-state index contributed by atoms with van der Waals surface area (Å²) in [5.41, 5.74) is 1.34. The van der Waals surface area contributed by atoms with Gasteiger partial charge in [-0.2, -0.15) is 5.10 Å². The topological polar surface area (TPSA) is 107 Å². The van der Waals surface area contributed by atoms with E-state index in [9.17, 15) is 13.2 Å². The highest BCUT2D eigenvalue weighted by Crippen LogP contribution is 2.24. The number of anilines is 1. The van der Waals surface area contributed by atoms with Gasteiger partial charge in [0.25, 0.3) is 0 Å². The van der Waals surface area contributed by atoms with E-state index in [2.05, 4.69) is 26.3 Å². The molecule has 3 rings (SSSR count). The zero-order valence-corrected chi connectivity index (χ0v) is 16.9. The summed E-state index contributed by atoms with van der Waals surface area (Å²) < 4.78 is 26.1. The Morgan fingerprint density at radius 1 is 1.26 bits per heavy atom. The number of hydrogen-bond acceptors (Lipinski definition) is 4. The van der Waals surface area contributed by atoms with Gasteiger partial charge < -0.3 is 5.32 Å². The third-order valence-electron chi connectivity index (χ3n) is 3.66. The second kappa shape index (κ2) is 7.81. The molecule has 0 unspecified atom stereocenters. The summed E-state index contributed by atoms with van der Waals surface area (Å²) in [6.45, 7) is 0. The van der Waals surface area contributed by atoms with Crippen LogP contribution in [0, 0.1) is 0 Å². The Morgan fingerprint density at radius 3 is 2.63 bits per heavy atom. The molecule has 0 saturated carbocycles. The number of benzene rings is 2. The molecule has 0 aliphatic rings. The summed E-state index contributed by atoms with van der Waals surface area (Å²) in [5.74, 6) is -0.294. The van der Waals surface area contributed by atoms with Gasteiger partial charge in [0.1, 0.15) is 4.90 Å². The molecule has 3 aromatic rings. The number of amides is 1. The lowest BCUT2D eigenvalue weighted by molar-refractivity contribution is -0.115. The Bertz CT molecular complexity index is 1110. The van der Waals surface area contributed by atoms with Gasteiger partial charge in [-0.15, -0.1) is 0 Å². The van der Waals surface area contributed by atoms with E-state index >= 15 is 0 Å². The lowest BCUT2D eigenvalue weighted by Crippen LogP contribution is -2.18. The van der Waals surface area contributed by atoms with Crippen LogP contribution in [0.5, 0.6) is 0 Å². The van der Waals surface area contributed by atoms with Crippen molar-refractivity contribution in [1.29, 1.82) is 0 Å². The van der Waals surface area contributed by atoms with Crippen LogP contribution < -0.4 is 10.5 Å². The number of nitrogens with one attached hydrogen (secondary N) is 1. The van der Waals surface area contributed by atoms with Crippen LogP contribution >= 0.6 is 27.5 Å². The second-order valence-electron chi connectivity index (χ2n) is 5.65. The van der Waals surface area contributed by atoms with Crippen molar-refractivity contribution < 1.29 is 13.2 Å². The summed E-state index contributed by atoms with van der Waals surface area (Å²) >= 11 is 9.23. The summed E-state index contributed by atoms with van der Waals surface area (Å²) in [7, 11) is -4.06. The van der Waals surface area contributed by atoms with Crippen molar-refractivity contribution in [2.75, 3.05) is 5.32 Å². The normalized spacial score (nSPS) is 11.4. The standard InChI is InChI=1S/C17H14BrClN4O3S/c18-14-4-2-1-3-11(14)7-17(24)22-13-5-6-15(16(8-13)27(20,25)26)23-10-12(19)9-21-23/h1-6,8-10H,7H2,(H,22,24)(H2,20,25,26). The van der Waals surface area contributed by atoms with Crippen molar-refractivity contribution in [3.63, 3.8) is 0 Å². The van der Waals surface area contributed by atoms with Gasteiger partial charge in [-0.25, -0.2) is 18.2 Å². The number of sulfonamides is 1. The fourth-order valence-electron chi connectivity index (χ4n) is 2.46. The molecule has 1 amide bonds. The van der Waals surface area contributed by atoms with Crippen molar-refractivity contribution in [3.8, 4) is 5.69 Å².